The number of phenols is 1. The van der Waals surface area contributed by atoms with Crippen LogP contribution in [0.3, 0.4) is 0 Å². The highest BCUT2D eigenvalue weighted by Crippen LogP contribution is 2.65. The maximum atomic E-state index is 9.89. The maximum absolute atomic E-state index is 9.89. The summed E-state index contributed by atoms with van der Waals surface area (Å²) >= 11 is 0. The number of hydrogen-bond donors (Lipinski definition) is 1. The van der Waals surface area contributed by atoms with Crippen LogP contribution in [0.15, 0.2) is 18.2 Å². The summed E-state index contributed by atoms with van der Waals surface area (Å²) in [5, 5.41) is 9.89. The standard InChI is InChI=1S/C21H30O2/c1-14-6-9-18-19(2,3)10-5-11-21(18)20(14,4)13-15-12-16(22)7-8-17(15)23-21/h7-8,12,14,18,22H,5-6,9-11,13H2,1-4H3/t14-,18-,20+,21+/m0/s1. The van der Waals surface area contributed by atoms with Crippen LogP contribution in [0, 0.1) is 22.7 Å². The summed E-state index contributed by atoms with van der Waals surface area (Å²) in [7, 11) is 0. The molecule has 2 nitrogen and oxygen atoms in total. The fraction of sp³-hybridized carbons (Fsp3) is 0.714. The molecule has 2 heteroatoms. The number of benzene rings is 1. The molecule has 1 N–H and O–H groups in total. The van der Waals surface area contributed by atoms with Gasteiger partial charge in [-0.1, -0.05) is 27.7 Å². The molecule has 1 aromatic rings. The van der Waals surface area contributed by atoms with Crippen molar-refractivity contribution in [3.8, 4) is 11.5 Å². The van der Waals surface area contributed by atoms with Gasteiger partial charge >= 0.3 is 0 Å². The summed E-state index contributed by atoms with van der Waals surface area (Å²) in [6.45, 7) is 9.77. The van der Waals surface area contributed by atoms with Crippen molar-refractivity contribution < 1.29 is 9.84 Å². The number of fused-ring (bicyclic) bond motifs is 1. The van der Waals surface area contributed by atoms with Crippen molar-refractivity contribution in [2.45, 2.75) is 71.8 Å². The molecule has 1 heterocycles. The molecule has 0 saturated heterocycles. The Morgan fingerprint density at radius 3 is 2.70 bits per heavy atom. The molecule has 4 atom stereocenters. The molecule has 4 rings (SSSR count). The molecule has 2 saturated carbocycles. The minimum Gasteiger partial charge on any atom is -0.508 e. The molecular weight excluding hydrogens is 284 g/mol. The second-order valence-electron chi connectivity index (χ2n) is 9.25. The summed E-state index contributed by atoms with van der Waals surface area (Å²) < 4.78 is 6.88. The Balaban J connectivity index is 1.88. The second-order valence-corrected chi connectivity index (χ2v) is 9.25. The van der Waals surface area contributed by atoms with Crippen LogP contribution in [0.4, 0.5) is 0 Å². The van der Waals surface area contributed by atoms with E-state index in [0.29, 0.717) is 23.0 Å². The number of phenolic OH excluding ortho intramolecular Hbond substituents is 1. The second kappa shape index (κ2) is 4.68. The Kier molecular flexibility index (Phi) is 3.12. The van der Waals surface area contributed by atoms with Gasteiger partial charge in [0.05, 0.1) is 0 Å². The van der Waals surface area contributed by atoms with E-state index in [4.69, 9.17) is 4.74 Å². The Morgan fingerprint density at radius 2 is 1.91 bits per heavy atom. The predicted molar refractivity (Wildman–Crippen MR) is 92.8 cm³/mol. The zero-order chi connectivity index (χ0) is 16.5. The molecule has 1 aromatic carbocycles. The van der Waals surface area contributed by atoms with E-state index < -0.39 is 0 Å². The monoisotopic (exact) mass is 314 g/mol. The predicted octanol–water partition coefficient (Wildman–Crippen LogP) is 5.33. The lowest BCUT2D eigenvalue weighted by Crippen LogP contribution is -2.68. The van der Waals surface area contributed by atoms with Crippen LogP contribution in [0.2, 0.25) is 0 Å². The van der Waals surface area contributed by atoms with Gasteiger partial charge in [0.2, 0.25) is 0 Å². The van der Waals surface area contributed by atoms with Crippen molar-refractivity contribution in [3.63, 3.8) is 0 Å². The number of rotatable bonds is 0. The zero-order valence-corrected chi connectivity index (χ0v) is 15.0. The molecule has 23 heavy (non-hydrogen) atoms. The molecule has 0 radical (unpaired) electrons. The third kappa shape index (κ3) is 1.93. The lowest BCUT2D eigenvalue weighted by atomic mass is 9.44. The average molecular weight is 314 g/mol. The molecule has 2 fully saturated rings. The fourth-order valence-corrected chi connectivity index (χ4v) is 6.20. The van der Waals surface area contributed by atoms with Gasteiger partial charge in [0.15, 0.2) is 0 Å². The van der Waals surface area contributed by atoms with Gasteiger partial charge in [0.25, 0.3) is 0 Å². The molecule has 1 aliphatic heterocycles. The maximum Gasteiger partial charge on any atom is 0.123 e. The summed E-state index contributed by atoms with van der Waals surface area (Å²) in [5.41, 5.74) is 1.67. The molecule has 0 bridgehead atoms. The highest BCUT2D eigenvalue weighted by molar-refractivity contribution is 5.44. The fourth-order valence-electron chi connectivity index (χ4n) is 6.20. The SMILES string of the molecule is C[C@H]1CC[C@H]2C(C)(C)CCC[C@@]23Oc2ccc(O)cc2C[C@]13C. The topological polar surface area (TPSA) is 29.5 Å². The highest BCUT2D eigenvalue weighted by atomic mass is 16.5. The Labute approximate surface area is 140 Å². The van der Waals surface area contributed by atoms with E-state index in [-0.39, 0.29) is 11.0 Å². The van der Waals surface area contributed by atoms with Gasteiger partial charge in [-0.05, 0) is 73.6 Å². The van der Waals surface area contributed by atoms with E-state index in [1.54, 1.807) is 6.07 Å². The van der Waals surface area contributed by atoms with E-state index in [0.717, 1.165) is 12.2 Å². The van der Waals surface area contributed by atoms with Crippen molar-refractivity contribution >= 4 is 0 Å². The minimum absolute atomic E-state index is 0.0314. The lowest BCUT2D eigenvalue weighted by molar-refractivity contribution is -0.210. The Morgan fingerprint density at radius 1 is 1.13 bits per heavy atom. The van der Waals surface area contributed by atoms with Crippen LogP contribution in [0.5, 0.6) is 11.5 Å². The molecule has 0 aromatic heterocycles. The van der Waals surface area contributed by atoms with Gasteiger partial charge in [-0.15, -0.1) is 0 Å². The lowest BCUT2D eigenvalue weighted by Gasteiger charge is -2.66. The molecule has 126 valence electrons. The number of hydrogen-bond acceptors (Lipinski definition) is 2. The van der Waals surface area contributed by atoms with E-state index in [2.05, 4.69) is 27.7 Å². The molecule has 3 aliphatic rings. The number of ether oxygens (including phenoxy) is 1. The van der Waals surface area contributed by atoms with E-state index >= 15 is 0 Å². The molecular formula is C21H30O2. The van der Waals surface area contributed by atoms with Crippen LogP contribution < -0.4 is 4.74 Å². The van der Waals surface area contributed by atoms with Crippen molar-refractivity contribution in [1.82, 2.24) is 0 Å². The van der Waals surface area contributed by atoms with Gasteiger partial charge in [-0.2, -0.15) is 0 Å². The third-order valence-corrected chi connectivity index (χ3v) is 7.71. The van der Waals surface area contributed by atoms with E-state index in [9.17, 15) is 5.11 Å². The first kappa shape index (κ1) is 15.4. The van der Waals surface area contributed by atoms with Gasteiger partial charge in [-0.3, -0.25) is 0 Å². The van der Waals surface area contributed by atoms with Crippen molar-refractivity contribution in [3.05, 3.63) is 23.8 Å². The minimum atomic E-state index is -0.0314. The van der Waals surface area contributed by atoms with E-state index in [1.807, 2.05) is 12.1 Å². The van der Waals surface area contributed by atoms with Crippen molar-refractivity contribution in [2.75, 3.05) is 0 Å². The normalized spacial score (nSPS) is 41.2. The first-order valence-corrected chi connectivity index (χ1v) is 9.29. The molecule has 0 unspecified atom stereocenters. The van der Waals surface area contributed by atoms with Crippen molar-refractivity contribution in [2.24, 2.45) is 22.7 Å². The summed E-state index contributed by atoms with van der Waals surface area (Å²) in [6, 6.07) is 5.67. The Hall–Kier alpha value is -1.18. The van der Waals surface area contributed by atoms with Crippen LogP contribution in [0.25, 0.3) is 0 Å². The summed E-state index contributed by atoms with van der Waals surface area (Å²) in [6.07, 6.45) is 7.38. The van der Waals surface area contributed by atoms with Crippen LogP contribution in [-0.2, 0) is 6.42 Å². The van der Waals surface area contributed by atoms with Gasteiger partial charge in [0, 0.05) is 11.3 Å². The smallest absolute Gasteiger partial charge is 0.123 e. The van der Waals surface area contributed by atoms with E-state index in [1.165, 1.54) is 37.7 Å². The summed E-state index contributed by atoms with van der Waals surface area (Å²) in [4.78, 5) is 0. The number of aromatic hydroxyl groups is 1. The third-order valence-electron chi connectivity index (χ3n) is 7.71. The largest absolute Gasteiger partial charge is 0.508 e. The van der Waals surface area contributed by atoms with Gasteiger partial charge in [-0.25, -0.2) is 0 Å². The van der Waals surface area contributed by atoms with Gasteiger partial charge in [0.1, 0.15) is 17.1 Å². The molecule has 0 amide bonds. The highest BCUT2D eigenvalue weighted by Gasteiger charge is 2.65. The molecule has 1 spiro atoms. The summed E-state index contributed by atoms with van der Waals surface area (Å²) in [5.74, 6) is 2.66. The molecule has 2 aliphatic carbocycles. The van der Waals surface area contributed by atoms with Crippen LogP contribution in [-0.4, -0.2) is 10.7 Å². The quantitative estimate of drug-likeness (QED) is 0.701. The first-order chi connectivity index (χ1) is 10.8. The van der Waals surface area contributed by atoms with Crippen LogP contribution in [0.1, 0.15) is 65.4 Å². The Bertz CT molecular complexity index is 635. The van der Waals surface area contributed by atoms with Crippen molar-refractivity contribution in [1.29, 1.82) is 0 Å². The van der Waals surface area contributed by atoms with Gasteiger partial charge < -0.3 is 9.84 Å². The first-order valence-electron chi connectivity index (χ1n) is 9.29. The van der Waals surface area contributed by atoms with Crippen LogP contribution >= 0.6 is 0 Å². The zero-order valence-electron chi connectivity index (χ0n) is 15.0. The average Bonchev–Trinajstić information content (AvgIpc) is 2.46.